The van der Waals surface area contributed by atoms with E-state index in [0.717, 1.165) is 4.47 Å². The van der Waals surface area contributed by atoms with Crippen LogP contribution in [0.3, 0.4) is 0 Å². The van der Waals surface area contributed by atoms with E-state index >= 15 is 0 Å². The molecule has 0 aliphatic rings. The number of esters is 1. The Morgan fingerprint density at radius 2 is 1.86 bits per heavy atom. The third-order valence-electron chi connectivity index (χ3n) is 2.46. The lowest BCUT2D eigenvalue weighted by Crippen LogP contribution is -2.26. The number of nitrogens with one attached hydrogen (secondary N) is 1. The van der Waals surface area contributed by atoms with Crippen LogP contribution in [0.5, 0.6) is 0 Å². The standard InChI is InChI=1S/C14H16Br2ClNO3/c1-7-8(15)5-9(16)12(18-10(19)6-17)11(7)13(20)21-14(2,3)4/h5H,6H2,1-4H3,(H,18,19). The van der Waals surface area contributed by atoms with E-state index in [1.807, 2.05) is 0 Å². The van der Waals surface area contributed by atoms with Crippen molar-refractivity contribution in [2.75, 3.05) is 11.2 Å². The van der Waals surface area contributed by atoms with Gasteiger partial charge in [-0.05, 0) is 55.3 Å². The number of hydrogen-bond acceptors (Lipinski definition) is 3. The Balaban J connectivity index is 3.39. The maximum Gasteiger partial charge on any atom is 0.341 e. The quantitative estimate of drug-likeness (QED) is 0.549. The lowest BCUT2D eigenvalue weighted by Gasteiger charge is -2.22. The number of hydrogen-bond donors (Lipinski definition) is 1. The third kappa shape index (κ3) is 4.97. The zero-order valence-electron chi connectivity index (χ0n) is 12.1. The van der Waals surface area contributed by atoms with Crippen molar-refractivity contribution in [2.24, 2.45) is 0 Å². The molecule has 1 aromatic carbocycles. The first-order valence-corrected chi connectivity index (χ1v) is 8.26. The van der Waals surface area contributed by atoms with Gasteiger partial charge in [0.25, 0.3) is 0 Å². The van der Waals surface area contributed by atoms with Gasteiger partial charge in [-0.25, -0.2) is 4.79 Å². The molecule has 21 heavy (non-hydrogen) atoms. The molecule has 0 saturated carbocycles. The predicted molar refractivity (Wildman–Crippen MR) is 91.1 cm³/mol. The summed E-state index contributed by atoms with van der Waals surface area (Å²) in [6.45, 7) is 7.12. The van der Waals surface area contributed by atoms with Crippen LogP contribution in [0.15, 0.2) is 15.0 Å². The van der Waals surface area contributed by atoms with Gasteiger partial charge in [-0.3, -0.25) is 4.79 Å². The van der Waals surface area contributed by atoms with Crippen molar-refractivity contribution in [2.45, 2.75) is 33.3 Å². The Bertz CT molecular complexity index is 583. The first-order valence-electron chi connectivity index (χ1n) is 6.14. The predicted octanol–water partition coefficient (Wildman–Crippen LogP) is 4.65. The lowest BCUT2D eigenvalue weighted by atomic mass is 10.1. The minimum Gasteiger partial charge on any atom is -0.456 e. The number of amides is 1. The zero-order chi connectivity index (χ0) is 16.4. The minimum absolute atomic E-state index is 0.199. The second kappa shape index (κ2) is 7.11. The maximum absolute atomic E-state index is 12.4. The molecule has 116 valence electrons. The van der Waals surface area contributed by atoms with Crippen molar-refractivity contribution in [3.05, 3.63) is 26.1 Å². The summed E-state index contributed by atoms with van der Waals surface area (Å²) in [5, 5.41) is 2.62. The van der Waals surface area contributed by atoms with E-state index in [-0.39, 0.29) is 5.88 Å². The first kappa shape index (κ1) is 18.5. The van der Waals surface area contributed by atoms with Gasteiger partial charge in [0.05, 0.1) is 11.3 Å². The highest BCUT2D eigenvalue weighted by Gasteiger charge is 2.25. The van der Waals surface area contributed by atoms with Gasteiger partial charge in [0.2, 0.25) is 5.91 Å². The van der Waals surface area contributed by atoms with Crippen molar-refractivity contribution in [3.8, 4) is 0 Å². The van der Waals surface area contributed by atoms with Gasteiger partial charge in [0.1, 0.15) is 11.5 Å². The highest BCUT2D eigenvalue weighted by molar-refractivity contribution is 9.11. The van der Waals surface area contributed by atoms with Gasteiger partial charge in [-0.2, -0.15) is 0 Å². The fourth-order valence-electron chi connectivity index (χ4n) is 1.60. The topological polar surface area (TPSA) is 55.4 Å². The first-order chi connectivity index (χ1) is 9.56. The minimum atomic E-state index is -0.633. The SMILES string of the molecule is Cc1c(Br)cc(Br)c(NC(=O)CCl)c1C(=O)OC(C)(C)C. The average molecular weight is 442 g/mol. The molecule has 0 aromatic heterocycles. The second-order valence-corrected chi connectivity index (χ2v) is 7.37. The highest BCUT2D eigenvalue weighted by Crippen LogP contribution is 2.35. The molecule has 1 rings (SSSR count). The molecule has 0 bridgehead atoms. The molecule has 4 nitrogen and oxygen atoms in total. The Labute approximate surface area is 145 Å². The fourth-order valence-corrected chi connectivity index (χ4v) is 2.92. The number of carbonyl (C=O) groups excluding carboxylic acids is 2. The molecule has 0 radical (unpaired) electrons. The van der Waals surface area contributed by atoms with Gasteiger partial charge >= 0.3 is 5.97 Å². The molecule has 0 aliphatic carbocycles. The lowest BCUT2D eigenvalue weighted by molar-refractivity contribution is -0.113. The van der Waals surface area contributed by atoms with Crippen LogP contribution in [0.2, 0.25) is 0 Å². The zero-order valence-corrected chi connectivity index (χ0v) is 16.1. The molecule has 7 heteroatoms. The smallest absolute Gasteiger partial charge is 0.341 e. The second-order valence-electron chi connectivity index (χ2n) is 5.40. The number of anilines is 1. The van der Waals surface area contributed by atoms with Crippen molar-refractivity contribution in [3.63, 3.8) is 0 Å². The number of benzene rings is 1. The van der Waals surface area contributed by atoms with Crippen LogP contribution in [-0.4, -0.2) is 23.4 Å². The van der Waals surface area contributed by atoms with Crippen molar-refractivity contribution >= 4 is 61.0 Å². The summed E-state index contributed by atoms with van der Waals surface area (Å²) < 4.78 is 6.71. The van der Waals surface area contributed by atoms with E-state index in [1.165, 1.54) is 0 Å². The molecule has 1 N–H and O–H groups in total. The summed E-state index contributed by atoms with van der Waals surface area (Å²) in [4.78, 5) is 24.0. The molecule has 0 spiro atoms. The summed E-state index contributed by atoms with van der Waals surface area (Å²) in [6.07, 6.45) is 0. The van der Waals surface area contributed by atoms with Crippen molar-refractivity contribution in [1.29, 1.82) is 0 Å². The Kier molecular flexibility index (Phi) is 6.25. The Morgan fingerprint density at radius 3 is 2.33 bits per heavy atom. The van der Waals surface area contributed by atoms with Crippen LogP contribution >= 0.6 is 43.5 Å². The molecule has 0 atom stereocenters. The van der Waals surface area contributed by atoms with Crippen LogP contribution < -0.4 is 5.32 Å². The number of rotatable bonds is 3. The Morgan fingerprint density at radius 1 is 1.29 bits per heavy atom. The van der Waals surface area contributed by atoms with E-state index in [1.54, 1.807) is 33.8 Å². The number of ether oxygens (including phenoxy) is 1. The molecular weight excluding hydrogens is 425 g/mol. The van der Waals surface area contributed by atoms with Gasteiger partial charge < -0.3 is 10.1 Å². The normalized spacial score (nSPS) is 11.2. The van der Waals surface area contributed by atoms with Crippen molar-refractivity contribution in [1.82, 2.24) is 0 Å². The average Bonchev–Trinajstić information content (AvgIpc) is 2.33. The molecule has 0 heterocycles. The molecule has 1 aromatic rings. The maximum atomic E-state index is 12.4. The number of carbonyl (C=O) groups is 2. The van der Waals surface area contributed by atoms with Crippen LogP contribution in [0.1, 0.15) is 36.7 Å². The summed E-state index contributed by atoms with van der Waals surface area (Å²) in [5.41, 5.74) is 0.698. The monoisotopic (exact) mass is 439 g/mol. The Hall–Kier alpha value is -0.590. The van der Waals surface area contributed by atoms with E-state index in [9.17, 15) is 9.59 Å². The van der Waals surface area contributed by atoms with E-state index < -0.39 is 17.5 Å². The van der Waals surface area contributed by atoms with E-state index in [2.05, 4.69) is 37.2 Å². The third-order valence-corrected chi connectivity index (χ3v) is 4.16. The summed E-state index contributed by atoms with van der Waals surface area (Å²) >= 11 is 12.2. The number of halogens is 3. The fraction of sp³-hybridized carbons (Fsp3) is 0.429. The van der Waals surface area contributed by atoms with Crippen LogP contribution in [0.25, 0.3) is 0 Å². The van der Waals surface area contributed by atoms with Crippen LogP contribution in [0.4, 0.5) is 5.69 Å². The van der Waals surface area contributed by atoms with Crippen molar-refractivity contribution < 1.29 is 14.3 Å². The van der Waals surface area contributed by atoms with Gasteiger partial charge in [0.15, 0.2) is 0 Å². The highest BCUT2D eigenvalue weighted by atomic mass is 79.9. The molecule has 1 amide bonds. The van der Waals surface area contributed by atoms with Gasteiger partial charge in [-0.15, -0.1) is 11.6 Å². The summed E-state index contributed by atoms with van der Waals surface area (Å²) in [6, 6.07) is 1.76. The van der Waals surface area contributed by atoms with Crippen LogP contribution in [-0.2, 0) is 9.53 Å². The van der Waals surface area contributed by atoms with E-state index in [0.29, 0.717) is 21.3 Å². The van der Waals surface area contributed by atoms with E-state index in [4.69, 9.17) is 16.3 Å². The van der Waals surface area contributed by atoms with Gasteiger partial charge in [0, 0.05) is 8.95 Å². The molecule has 0 aliphatic heterocycles. The molecule has 0 unspecified atom stereocenters. The number of alkyl halides is 1. The van der Waals surface area contributed by atoms with Crippen LogP contribution in [0, 0.1) is 6.92 Å². The molecule has 0 saturated heterocycles. The molecule has 0 fully saturated rings. The largest absolute Gasteiger partial charge is 0.456 e. The summed E-state index contributed by atoms with van der Waals surface area (Å²) in [7, 11) is 0. The van der Waals surface area contributed by atoms with Gasteiger partial charge in [-0.1, -0.05) is 15.9 Å². The molecular formula is C14H16Br2ClNO3. The summed E-state index contributed by atoms with van der Waals surface area (Å²) in [5.74, 6) is -1.11.